The van der Waals surface area contributed by atoms with Crippen molar-refractivity contribution in [3.8, 4) is 5.75 Å². The maximum absolute atomic E-state index is 11.6. The molecule has 0 saturated heterocycles. The third-order valence-corrected chi connectivity index (χ3v) is 1.81. The van der Waals surface area contributed by atoms with E-state index < -0.39 is 0 Å². The molecule has 0 spiro atoms. The molecule has 0 radical (unpaired) electrons. The zero-order chi connectivity index (χ0) is 11.1. The van der Waals surface area contributed by atoms with Gasteiger partial charge in [0.25, 0.3) is 0 Å². The lowest BCUT2D eigenvalue weighted by molar-refractivity contribution is 0.104. The lowest BCUT2D eigenvalue weighted by Crippen LogP contribution is -1.98. The Morgan fingerprint density at radius 2 is 2.27 bits per heavy atom. The molecular formula is C12H15NO2. The molecule has 1 rings (SSSR count). The summed E-state index contributed by atoms with van der Waals surface area (Å²) in [6, 6.07) is 1.71. The van der Waals surface area contributed by atoms with Crippen LogP contribution in [0.4, 0.5) is 0 Å². The third kappa shape index (κ3) is 3.54. The van der Waals surface area contributed by atoms with Crippen molar-refractivity contribution < 1.29 is 9.53 Å². The topological polar surface area (TPSA) is 39.2 Å². The van der Waals surface area contributed by atoms with Gasteiger partial charge in [0.2, 0.25) is 0 Å². The van der Waals surface area contributed by atoms with Gasteiger partial charge in [0.15, 0.2) is 5.78 Å². The van der Waals surface area contributed by atoms with Gasteiger partial charge in [0.05, 0.1) is 12.8 Å². The summed E-state index contributed by atoms with van der Waals surface area (Å²) in [5, 5.41) is 0. The summed E-state index contributed by atoms with van der Waals surface area (Å²) in [6.45, 7) is 4.45. The first-order chi connectivity index (χ1) is 7.27. The molecule has 0 N–H and O–H groups in total. The molecule has 0 aliphatic carbocycles. The predicted molar refractivity (Wildman–Crippen MR) is 59.2 cm³/mol. The summed E-state index contributed by atoms with van der Waals surface area (Å²) in [7, 11) is 0. The molecule has 0 unspecified atom stereocenters. The molecule has 0 aliphatic rings. The van der Waals surface area contributed by atoms with Crippen LogP contribution < -0.4 is 4.74 Å². The van der Waals surface area contributed by atoms with Gasteiger partial charge in [-0.2, -0.15) is 0 Å². The van der Waals surface area contributed by atoms with Crippen LogP contribution in [0.15, 0.2) is 30.6 Å². The normalized spacial score (nSPS) is 10.5. The number of hydrogen-bond acceptors (Lipinski definition) is 3. The Labute approximate surface area is 89.8 Å². The number of ether oxygens (including phenoxy) is 1. The van der Waals surface area contributed by atoms with Crippen LogP contribution in [-0.2, 0) is 0 Å². The van der Waals surface area contributed by atoms with Crippen molar-refractivity contribution in [3.05, 3.63) is 36.2 Å². The van der Waals surface area contributed by atoms with Gasteiger partial charge in [0.1, 0.15) is 5.75 Å². The van der Waals surface area contributed by atoms with Gasteiger partial charge < -0.3 is 4.74 Å². The standard InChI is InChI=1S/C12H15NO2/c1-3-5-6-12(14)10-7-11(15-4-2)9-13-8-10/h5-9H,3-4H2,1-2H3/b6-5+. The van der Waals surface area contributed by atoms with E-state index in [0.717, 1.165) is 6.42 Å². The van der Waals surface area contributed by atoms with Gasteiger partial charge in [-0.25, -0.2) is 0 Å². The second kappa shape index (κ2) is 5.96. The van der Waals surface area contributed by atoms with Gasteiger partial charge in [-0.05, 0) is 25.5 Å². The molecule has 0 aliphatic heterocycles. The van der Waals surface area contributed by atoms with E-state index in [0.29, 0.717) is 17.9 Å². The summed E-state index contributed by atoms with van der Waals surface area (Å²) < 4.78 is 5.26. The Balaban J connectivity index is 2.80. The van der Waals surface area contributed by atoms with Crippen LogP contribution in [0.3, 0.4) is 0 Å². The number of carbonyl (C=O) groups excluding carboxylic acids is 1. The van der Waals surface area contributed by atoms with Crippen molar-refractivity contribution in [2.24, 2.45) is 0 Å². The summed E-state index contributed by atoms with van der Waals surface area (Å²) >= 11 is 0. The fraction of sp³-hybridized carbons (Fsp3) is 0.333. The highest BCUT2D eigenvalue weighted by atomic mass is 16.5. The molecule has 0 bridgehead atoms. The molecule has 80 valence electrons. The van der Waals surface area contributed by atoms with Crippen molar-refractivity contribution in [1.29, 1.82) is 0 Å². The lowest BCUT2D eigenvalue weighted by Gasteiger charge is -2.02. The van der Waals surface area contributed by atoms with E-state index in [9.17, 15) is 4.79 Å². The van der Waals surface area contributed by atoms with Crippen LogP contribution in [0, 0.1) is 0 Å². The summed E-state index contributed by atoms with van der Waals surface area (Å²) in [4.78, 5) is 15.5. The van der Waals surface area contributed by atoms with Crippen molar-refractivity contribution in [2.45, 2.75) is 20.3 Å². The molecule has 3 nitrogen and oxygen atoms in total. The minimum atomic E-state index is -0.0362. The van der Waals surface area contributed by atoms with Crippen LogP contribution in [-0.4, -0.2) is 17.4 Å². The third-order valence-electron chi connectivity index (χ3n) is 1.81. The van der Waals surface area contributed by atoms with Gasteiger partial charge in [-0.15, -0.1) is 0 Å². The molecule has 1 aromatic rings. The van der Waals surface area contributed by atoms with Crippen LogP contribution >= 0.6 is 0 Å². The van der Waals surface area contributed by atoms with Crippen molar-refractivity contribution in [3.63, 3.8) is 0 Å². The van der Waals surface area contributed by atoms with E-state index in [1.807, 2.05) is 19.9 Å². The van der Waals surface area contributed by atoms with E-state index in [1.54, 1.807) is 24.5 Å². The number of pyridine rings is 1. The molecule has 0 saturated carbocycles. The number of ketones is 1. The molecule has 0 atom stereocenters. The highest BCUT2D eigenvalue weighted by Crippen LogP contribution is 2.11. The van der Waals surface area contributed by atoms with Gasteiger partial charge in [-0.3, -0.25) is 9.78 Å². The maximum Gasteiger partial charge on any atom is 0.187 e. The van der Waals surface area contributed by atoms with E-state index in [2.05, 4.69) is 4.98 Å². The van der Waals surface area contributed by atoms with Crippen LogP contribution in [0.5, 0.6) is 5.75 Å². The second-order valence-corrected chi connectivity index (χ2v) is 3.02. The molecule has 15 heavy (non-hydrogen) atoms. The van der Waals surface area contributed by atoms with Crippen molar-refractivity contribution in [2.75, 3.05) is 6.61 Å². The first kappa shape index (κ1) is 11.4. The molecule has 3 heteroatoms. The number of carbonyl (C=O) groups is 1. The Kier molecular flexibility index (Phi) is 4.54. The SMILES string of the molecule is CC/C=C/C(=O)c1cncc(OCC)c1. The predicted octanol–water partition coefficient (Wildman–Crippen LogP) is 2.63. The molecular weight excluding hydrogens is 190 g/mol. The molecule has 0 aromatic carbocycles. The largest absolute Gasteiger partial charge is 0.492 e. The van der Waals surface area contributed by atoms with Crippen LogP contribution in [0.1, 0.15) is 30.6 Å². The van der Waals surface area contributed by atoms with E-state index in [1.165, 1.54) is 0 Å². The van der Waals surface area contributed by atoms with E-state index in [4.69, 9.17) is 4.74 Å². The molecule has 0 amide bonds. The Bertz CT molecular complexity index is 358. The fourth-order valence-corrected chi connectivity index (χ4v) is 1.12. The van der Waals surface area contributed by atoms with Crippen LogP contribution in [0.25, 0.3) is 0 Å². The summed E-state index contributed by atoms with van der Waals surface area (Å²) in [5.74, 6) is 0.596. The van der Waals surface area contributed by atoms with Gasteiger partial charge in [0, 0.05) is 11.8 Å². The van der Waals surface area contributed by atoms with E-state index in [-0.39, 0.29) is 5.78 Å². The number of rotatable bonds is 5. The zero-order valence-corrected chi connectivity index (χ0v) is 9.06. The fourth-order valence-electron chi connectivity index (χ4n) is 1.12. The van der Waals surface area contributed by atoms with Crippen molar-refractivity contribution >= 4 is 5.78 Å². The van der Waals surface area contributed by atoms with Crippen molar-refractivity contribution in [1.82, 2.24) is 4.98 Å². The molecule has 1 heterocycles. The number of allylic oxidation sites excluding steroid dienone is 2. The average molecular weight is 205 g/mol. The van der Waals surface area contributed by atoms with Gasteiger partial charge in [-0.1, -0.05) is 13.0 Å². The Morgan fingerprint density at radius 3 is 2.93 bits per heavy atom. The highest BCUT2D eigenvalue weighted by molar-refractivity contribution is 6.04. The minimum absolute atomic E-state index is 0.0362. The van der Waals surface area contributed by atoms with Gasteiger partial charge >= 0.3 is 0 Å². The number of nitrogens with zero attached hydrogens (tertiary/aromatic N) is 1. The molecule has 0 fully saturated rings. The molecule has 1 aromatic heterocycles. The number of aromatic nitrogens is 1. The zero-order valence-electron chi connectivity index (χ0n) is 9.06. The summed E-state index contributed by atoms with van der Waals surface area (Å²) in [5.41, 5.74) is 0.561. The monoisotopic (exact) mass is 205 g/mol. The first-order valence-corrected chi connectivity index (χ1v) is 5.06. The maximum atomic E-state index is 11.6. The minimum Gasteiger partial charge on any atom is -0.492 e. The average Bonchev–Trinajstić information content (AvgIpc) is 2.27. The lowest BCUT2D eigenvalue weighted by atomic mass is 10.1. The number of hydrogen-bond donors (Lipinski definition) is 0. The Morgan fingerprint density at radius 1 is 1.47 bits per heavy atom. The first-order valence-electron chi connectivity index (χ1n) is 5.06. The van der Waals surface area contributed by atoms with Crippen LogP contribution in [0.2, 0.25) is 0 Å². The Hall–Kier alpha value is -1.64. The smallest absolute Gasteiger partial charge is 0.187 e. The second-order valence-electron chi connectivity index (χ2n) is 3.02. The summed E-state index contributed by atoms with van der Waals surface area (Å²) in [6.07, 6.45) is 7.39. The quantitative estimate of drug-likeness (QED) is 0.548. The van der Waals surface area contributed by atoms with E-state index >= 15 is 0 Å². The highest BCUT2D eigenvalue weighted by Gasteiger charge is 2.03.